The normalized spacial score (nSPS) is 12.2. The van der Waals surface area contributed by atoms with Crippen LogP contribution in [0.2, 0.25) is 0 Å². The molecule has 1 aromatic carbocycles. The summed E-state index contributed by atoms with van der Waals surface area (Å²) < 4.78 is 11.0. The molecule has 3 N–H and O–H groups in total. The Labute approximate surface area is 109 Å². The topological polar surface area (TPSA) is 64.7 Å². The van der Waals surface area contributed by atoms with Crippen molar-refractivity contribution < 1.29 is 14.6 Å². The third kappa shape index (κ3) is 5.89. The van der Waals surface area contributed by atoms with E-state index in [1.165, 1.54) is 0 Å². The molecule has 18 heavy (non-hydrogen) atoms. The number of ether oxygens (including phenoxy) is 2. The third-order valence-corrected chi connectivity index (χ3v) is 2.61. The fraction of sp³-hybridized carbons (Fsp3) is 0.571. The van der Waals surface area contributed by atoms with Crippen LogP contribution in [-0.2, 0) is 0 Å². The van der Waals surface area contributed by atoms with E-state index in [2.05, 4.69) is 0 Å². The first-order valence-corrected chi connectivity index (χ1v) is 6.50. The predicted octanol–water partition coefficient (Wildman–Crippen LogP) is 1.95. The van der Waals surface area contributed by atoms with Crippen molar-refractivity contribution in [2.75, 3.05) is 19.8 Å². The van der Waals surface area contributed by atoms with Gasteiger partial charge in [-0.1, -0.05) is 13.0 Å². The molecule has 4 nitrogen and oxygen atoms in total. The molecular formula is C14H23NO3. The lowest BCUT2D eigenvalue weighted by Crippen LogP contribution is -2.10. The van der Waals surface area contributed by atoms with Crippen LogP contribution in [0.25, 0.3) is 0 Å². The number of aliphatic hydroxyl groups excluding tert-OH is 1. The second-order valence-corrected chi connectivity index (χ2v) is 4.16. The second-order valence-electron chi connectivity index (χ2n) is 4.16. The SMILES string of the molecule is CCC(O)CCCOc1cccc(OCCN)c1. The summed E-state index contributed by atoms with van der Waals surface area (Å²) in [5.41, 5.74) is 5.37. The molecule has 1 rings (SSSR count). The molecule has 0 amide bonds. The summed E-state index contributed by atoms with van der Waals surface area (Å²) >= 11 is 0. The molecule has 1 atom stereocenters. The Morgan fingerprint density at radius 3 is 2.50 bits per heavy atom. The largest absolute Gasteiger partial charge is 0.493 e. The molecule has 0 aliphatic carbocycles. The first-order chi connectivity index (χ1) is 8.76. The molecule has 0 spiro atoms. The zero-order valence-corrected chi connectivity index (χ0v) is 11.0. The van der Waals surface area contributed by atoms with Gasteiger partial charge in [0, 0.05) is 12.6 Å². The number of hydrogen-bond acceptors (Lipinski definition) is 4. The number of aliphatic hydroxyl groups is 1. The van der Waals surface area contributed by atoms with Crippen LogP contribution in [0.5, 0.6) is 11.5 Å². The van der Waals surface area contributed by atoms with Gasteiger partial charge in [0.25, 0.3) is 0 Å². The summed E-state index contributed by atoms with van der Waals surface area (Å²) in [5, 5.41) is 9.41. The summed E-state index contributed by atoms with van der Waals surface area (Å²) in [6.07, 6.45) is 2.21. The Bertz CT molecular complexity index is 331. The minimum absolute atomic E-state index is 0.215. The molecule has 0 aromatic heterocycles. The van der Waals surface area contributed by atoms with E-state index in [1.54, 1.807) is 0 Å². The third-order valence-electron chi connectivity index (χ3n) is 2.61. The Morgan fingerprint density at radius 2 is 1.89 bits per heavy atom. The quantitative estimate of drug-likeness (QED) is 0.660. The smallest absolute Gasteiger partial charge is 0.123 e. The molecule has 0 saturated carbocycles. The van der Waals surface area contributed by atoms with Crippen LogP contribution in [0.15, 0.2) is 24.3 Å². The van der Waals surface area contributed by atoms with Crippen LogP contribution < -0.4 is 15.2 Å². The highest BCUT2D eigenvalue weighted by atomic mass is 16.5. The van der Waals surface area contributed by atoms with Crippen LogP contribution in [0, 0.1) is 0 Å². The molecule has 1 aromatic rings. The van der Waals surface area contributed by atoms with Gasteiger partial charge in [0.15, 0.2) is 0 Å². The molecule has 0 radical (unpaired) electrons. The summed E-state index contributed by atoms with van der Waals surface area (Å²) in [6.45, 7) is 3.59. The highest BCUT2D eigenvalue weighted by molar-refractivity contribution is 5.32. The van der Waals surface area contributed by atoms with E-state index in [0.29, 0.717) is 19.8 Å². The number of nitrogens with two attached hydrogens (primary N) is 1. The minimum atomic E-state index is -0.215. The number of rotatable bonds is 9. The molecular weight excluding hydrogens is 230 g/mol. The summed E-state index contributed by atoms with van der Waals surface area (Å²) in [6, 6.07) is 7.52. The highest BCUT2D eigenvalue weighted by Crippen LogP contribution is 2.19. The monoisotopic (exact) mass is 253 g/mol. The maximum Gasteiger partial charge on any atom is 0.123 e. The van der Waals surface area contributed by atoms with Crippen molar-refractivity contribution in [3.63, 3.8) is 0 Å². The van der Waals surface area contributed by atoms with E-state index in [0.717, 1.165) is 30.8 Å². The zero-order chi connectivity index (χ0) is 13.2. The van der Waals surface area contributed by atoms with Gasteiger partial charge in [0.2, 0.25) is 0 Å². The van der Waals surface area contributed by atoms with Crippen molar-refractivity contribution in [1.29, 1.82) is 0 Å². The van der Waals surface area contributed by atoms with E-state index in [1.807, 2.05) is 31.2 Å². The van der Waals surface area contributed by atoms with Gasteiger partial charge in [-0.2, -0.15) is 0 Å². The van der Waals surface area contributed by atoms with Gasteiger partial charge in [0.1, 0.15) is 18.1 Å². The van der Waals surface area contributed by atoms with E-state index < -0.39 is 0 Å². The summed E-state index contributed by atoms with van der Waals surface area (Å²) in [4.78, 5) is 0. The van der Waals surface area contributed by atoms with E-state index in [-0.39, 0.29) is 6.10 Å². The maximum atomic E-state index is 9.41. The predicted molar refractivity (Wildman–Crippen MR) is 72.0 cm³/mol. The van der Waals surface area contributed by atoms with Gasteiger partial charge in [-0.15, -0.1) is 0 Å². The second kappa shape index (κ2) is 8.78. The van der Waals surface area contributed by atoms with Gasteiger partial charge < -0.3 is 20.3 Å². The number of hydrogen-bond donors (Lipinski definition) is 2. The van der Waals surface area contributed by atoms with Crippen LogP contribution in [0.4, 0.5) is 0 Å². The molecule has 1 unspecified atom stereocenters. The van der Waals surface area contributed by atoms with Crippen molar-refractivity contribution in [3.8, 4) is 11.5 Å². The van der Waals surface area contributed by atoms with Crippen LogP contribution in [0.3, 0.4) is 0 Å². The summed E-state index contributed by atoms with van der Waals surface area (Å²) in [5.74, 6) is 1.56. The zero-order valence-electron chi connectivity index (χ0n) is 11.0. The standard InChI is InChI=1S/C14H23NO3/c1-2-12(16)5-4-9-17-13-6-3-7-14(11-13)18-10-8-15/h3,6-7,11-12,16H,2,4-5,8-10,15H2,1H3. The van der Waals surface area contributed by atoms with Gasteiger partial charge in [-0.25, -0.2) is 0 Å². The minimum Gasteiger partial charge on any atom is -0.493 e. The van der Waals surface area contributed by atoms with E-state index in [4.69, 9.17) is 15.2 Å². The number of benzene rings is 1. The molecule has 4 heteroatoms. The maximum absolute atomic E-state index is 9.41. The van der Waals surface area contributed by atoms with E-state index in [9.17, 15) is 5.11 Å². The first kappa shape index (κ1) is 14.8. The average molecular weight is 253 g/mol. The van der Waals surface area contributed by atoms with Crippen molar-refractivity contribution in [2.24, 2.45) is 5.73 Å². The van der Waals surface area contributed by atoms with Crippen molar-refractivity contribution in [3.05, 3.63) is 24.3 Å². The summed E-state index contributed by atoms with van der Waals surface area (Å²) in [7, 11) is 0. The lowest BCUT2D eigenvalue weighted by molar-refractivity contribution is 0.148. The first-order valence-electron chi connectivity index (χ1n) is 6.50. The van der Waals surface area contributed by atoms with Crippen molar-refractivity contribution in [2.45, 2.75) is 32.3 Å². The highest BCUT2D eigenvalue weighted by Gasteiger charge is 2.01. The fourth-order valence-electron chi connectivity index (χ4n) is 1.54. The van der Waals surface area contributed by atoms with Gasteiger partial charge >= 0.3 is 0 Å². The lowest BCUT2D eigenvalue weighted by Gasteiger charge is -2.10. The Balaban J connectivity index is 2.29. The van der Waals surface area contributed by atoms with E-state index >= 15 is 0 Å². The molecule has 0 heterocycles. The Kier molecular flexibility index (Phi) is 7.22. The van der Waals surface area contributed by atoms with Crippen LogP contribution >= 0.6 is 0 Å². The van der Waals surface area contributed by atoms with Crippen LogP contribution in [0.1, 0.15) is 26.2 Å². The molecule has 0 bridgehead atoms. The molecule has 0 aliphatic rings. The Hall–Kier alpha value is -1.26. The van der Waals surface area contributed by atoms with Crippen molar-refractivity contribution in [1.82, 2.24) is 0 Å². The molecule has 102 valence electrons. The lowest BCUT2D eigenvalue weighted by atomic mass is 10.1. The Morgan fingerprint density at radius 1 is 1.22 bits per heavy atom. The average Bonchev–Trinajstić information content (AvgIpc) is 2.41. The van der Waals surface area contributed by atoms with Crippen LogP contribution in [-0.4, -0.2) is 31.0 Å². The molecule has 0 saturated heterocycles. The molecule has 0 aliphatic heterocycles. The van der Waals surface area contributed by atoms with Crippen molar-refractivity contribution >= 4 is 0 Å². The van der Waals surface area contributed by atoms with Gasteiger partial charge in [0.05, 0.1) is 12.7 Å². The molecule has 0 fully saturated rings. The van der Waals surface area contributed by atoms with Gasteiger partial charge in [-0.3, -0.25) is 0 Å². The van der Waals surface area contributed by atoms with Gasteiger partial charge in [-0.05, 0) is 31.4 Å². The fourth-order valence-corrected chi connectivity index (χ4v) is 1.54.